The molecule has 0 aliphatic rings. The molecule has 0 fully saturated rings. The minimum atomic E-state index is 0.184. The fourth-order valence-electron chi connectivity index (χ4n) is 1.80. The summed E-state index contributed by atoms with van der Waals surface area (Å²) in [7, 11) is 1.58. The topological polar surface area (TPSA) is 46.2 Å². The molecule has 0 aliphatic heterocycles. The van der Waals surface area contributed by atoms with E-state index in [0.717, 1.165) is 15.6 Å². The van der Waals surface area contributed by atoms with Gasteiger partial charge in [-0.05, 0) is 48.1 Å². The van der Waals surface area contributed by atoms with Crippen LogP contribution in [-0.2, 0) is 6.54 Å². The first-order valence-corrected chi connectivity index (χ1v) is 6.98. The lowest BCUT2D eigenvalue weighted by molar-refractivity contribution is -0.741. The number of methoxy groups -OCH3 is 1. The van der Waals surface area contributed by atoms with Crippen LogP contribution in [0.3, 0.4) is 0 Å². The smallest absolute Gasteiger partial charge is 0.289 e. The van der Waals surface area contributed by atoms with Crippen molar-refractivity contribution in [2.24, 2.45) is 0 Å². The fraction of sp³-hybridized carbons (Fsp3) is 0.200. The molecule has 0 unspecified atom stereocenters. The number of aromatic nitrogens is 2. The summed E-state index contributed by atoms with van der Waals surface area (Å²) in [6.45, 7) is 6.37. The largest absolute Gasteiger partial charge is 0.508 e. The van der Waals surface area contributed by atoms with E-state index < -0.39 is 0 Å². The van der Waals surface area contributed by atoms with E-state index in [1.807, 2.05) is 35.9 Å². The van der Waals surface area contributed by atoms with Crippen molar-refractivity contribution in [1.82, 2.24) is 5.10 Å². The van der Waals surface area contributed by atoms with Crippen molar-refractivity contribution >= 4 is 23.5 Å². The Hall–Kier alpha value is -2.14. The van der Waals surface area contributed by atoms with Gasteiger partial charge < -0.3 is 9.84 Å². The number of hydrogen-bond donors (Lipinski definition) is 1. The van der Waals surface area contributed by atoms with Gasteiger partial charge in [-0.1, -0.05) is 11.3 Å². The second-order valence-corrected chi connectivity index (χ2v) is 5.44. The zero-order valence-corrected chi connectivity index (χ0v) is 12.4. The molecule has 0 saturated heterocycles. The van der Waals surface area contributed by atoms with Crippen LogP contribution in [0.1, 0.15) is 15.6 Å². The third-order valence-corrected chi connectivity index (χ3v) is 3.57. The van der Waals surface area contributed by atoms with Gasteiger partial charge in [0.2, 0.25) is 0 Å². The highest BCUT2D eigenvalue weighted by Crippen LogP contribution is 2.23. The molecule has 4 nitrogen and oxygen atoms in total. The molecule has 0 spiro atoms. The summed E-state index contributed by atoms with van der Waals surface area (Å²) in [4.78, 5) is 0. The summed E-state index contributed by atoms with van der Waals surface area (Å²) < 4.78 is 7.02. The Bertz CT molecular complexity index is 647. The van der Waals surface area contributed by atoms with Crippen LogP contribution in [0.2, 0.25) is 0 Å². The van der Waals surface area contributed by atoms with Gasteiger partial charge in [0.1, 0.15) is 11.5 Å². The first-order chi connectivity index (χ1) is 9.62. The molecule has 2 rings (SSSR count). The standard InChI is InChI=1S/C15H16N2O2S/c1-4-7-17-15(20-11(2)16-17)6-5-12-8-13(18)10-14(9-12)19-3/h4-6,8-10H,1,7H2,2-3H3/p+1/b6-5+. The second kappa shape index (κ2) is 6.34. The number of ether oxygens (including phenoxy) is 1. The molecule has 0 atom stereocenters. The van der Waals surface area contributed by atoms with Gasteiger partial charge in [0.05, 0.1) is 7.11 Å². The van der Waals surface area contributed by atoms with Crippen LogP contribution in [0.25, 0.3) is 12.2 Å². The van der Waals surface area contributed by atoms with Crippen LogP contribution in [0.4, 0.5) is 0 Å². The van der Waals surface area contributed by atoms with Crippen molar-refractivity contribution in [2.45, 2.75) is 13.5 Å². The van der Waals surface area contributed by atoms with E-state index in [4.69, 9.17) is 4.74 Å². The monoisotopic (exact) mass is 289 g/mol. The molecule has 0 saturated carbocycles. The Morgan fingerprint density at radius 3 is 2.90 bits per heavy atom. The van der Waals surface area contributed by atoms with Gasteiger partial charge in [-0.25, -0.2) is 0 Å². The molecule has 0 radical (unpaired) electrons. The molecule has 104 valence electrons. The average molecular weight is 289 g/mol. The summed E-state index contributed by atoms with van der Waals surface area (Å²) in [5.74, 6) is 0.813. The SMILES string of the molecule is C=CC[n+]1nc(C)sc1/C=C/c1cc(O)cc(OC)c1. The lowest BCUT2D eigenvalue weighted by Crippen LogP contribution is -2.37. The van der Waals surface area contributed by atoms with E-state index in [1.165, 1.54) is 0 Å². The molecular weight excluding hydrogens is 272 g/mol. The lowest BCUT2D eigenvalue weighted by atomic mass is 10.2. The maximum absolute atomic E-state index is 9.62. The fourth-order valence-corrected chi connectivity index (χ4v) is 2.60. The van der Waals surface area contributed by atoms with Crippen LogP contribution < -0.4 is 9.42 Å². The molecule has 1 N–H and O–H groups in total. The Balaban J connectivity index is 2.29. The lowest BCUT2D eigenvalue weighted by Gasteiger charge is -2.01. The molecule has 0 bridgehead atoms. The predicted molar refractivity (Wildman–Crippen MR) is 80.8 cm³/mol. The Kier molecular flexibility index (Phi) is 4.53. The number of phenols is 1. The minimum absolute atomic E-state index is 0.184. The molecule has 0 amide bonds. The average Bonchev–Trinajstić information content (AvgIpc) is 2.76. The van der Waals surface area contributed by atoms with E-state index in [1.54, 1.807) is 30.6 Å². The third-order valence-electron chi connectivity index (χ3n) is 2.64. The molecule has 5 heteroatoms. The predicted octanol–water partition coefficient (Wildman–Crippen LogP) is 2.81. The van der Waals surface area contributed by atoms with Crippen molar-refractivity contribution in [1.29, 1.82) is 0 Å². The number of nitrogens with zero attached hydrogens (tertiary/aromatic N) is 2. The van der Waals surface area contributed by atoms with Crippen LogP contribution in [0.5, 0.6) is 11.5 Å². The summed E-state index contributed by atoms with van der Waals surface area (Å²) in [6.07, 6.45) is 5.71. The van der Waals surface area contributed by atoms with Crippen molar-refractivity contribution in [2.75, 3.05) is 7.11 Å². The highest BCUT2D eigenvalue weighted by molar-refractivity contribution is 7.11. The van der Waals surface area contributed by atoms with Gasteiger partial charge >= 0.3 is 0 Å². The van der Waals surface area contributed by atoms with Gasteiger partial charge in [0.25, 0.3) is 5.01 Å². The summed E-state index contributed by atoms with van der Waals surface area (Å²) in [6, 6.07) is 5.12. The molecule has 1 aromatic heterocycles. The third kappa shape index (κ3) is 3.45. The highest BCUT2D eigenvalue weighted by Gasteiger charge is 2.13. The quantitative estimate of drug-likeness (QED) is 0.680. The van der Waals surface area contributed by atoms with Crippen LogP contribution in [0, 0.1) is 6.92 Å². The van der Waals surface area contributed by atoms with E-state index in [2.05, 4.69) is 11.7 Å². The van der Waals surface area contributed by atoms with Crippen molar-refractivity contribution in [3.63, 3.8) is 0 Å². The number of rotatable bonds is 5. The van der Waals surface area contributed by atoms with Crippen LogP contribution >= 0.6 is 11.3 Å². The van der Waals surface area contributed by atoms with E-state index in [9.17, 15) is 5.11 Å². The Morgan fingerprint density at radius 2 is 2.20 bits per heavy atom. The number of phenolic OH excluding ortho intramolecular Hbond substituents is 1. The molecule has 0 aliphatic carbocycles. The van der Waals surface area contributed by atoms with Gasteiger partial charge in [-0.3, -0.25) is 0 Å². The van der Waals surface area contributed by atoms with Gasteiger partial charge in [-0.2, -0.15) is 0 Å². The zero-order valence-electron chi connectivity index (χ0n) is 11.5. The van der Waals surface area contributed by atoms with Crippen LogP contribution in [0.15, 0.2) is 30.9 Å². The number of aryl methyl sites for hydroxylation is 1. The van der Waals surface area contributed by atoms with E-state index in [-0.39, 0.29) is 5.75 Å². The number of aromatic hydroxyl groups is 1. The van der Waals surface area contributed by atoms with Crippen molar-refractivity contribution < 1.29 is 14.5 Å². The van der Waals surface area contributed by atoms with Crippen molar-refractivity contribution in [3.05, 3.63) is 46.4 Å². The van der Waals surface area contributed by atoms with Gasteiger partial charge in [-0.15, -0.1) is 0 Å². The number of benzene rings is 1. The summed E-state index contributed by atoms with van der Waals surface area (Å²) in [5.41, 5.74) is 0.873. The van der Waals surface area contributed by atoms with Gasteiger partial charge in [0.15, 0.2) is 11.6 Å². The first-order valence-electron chi connectivity index (χ1n) is 6.17. The van der Waals surface area contributed by atoms with Crippen LogP contribution in [-0.4, -0.2) is 17.3 Å². The maximum atomic E-state index is 9.62. The zero-order chi connectivity index (χ0) is 14.5. The van der Waals surface area contributed by atoms with E-state index >= 15 is 0 Å². The van der Waals surface area contributed by atoms with E-state index in [0.29, 0.717) is 12.3 Å². The molecule has 2 aromatic rings. The Labute approximate surface area is 122 Å². The van der Waals surface area contributed by atoms with Crippen molar-refractivity contribution in [3.8, 4) is 11.5 Å². The molecular formula is C15H17N2O2S+. The van der Waals surface area contributed by atoms with Gasteiger partial charge in [0, 0.05) is 17.2 Å². The summed E-state index contributed by atoms with van der Waals surface area (Å²) >= 11 is 1.61. The first kappa shape index (κ1) is 14.3. The molecule has 1 aromatic carbocycles. The normalized spacial score (nSPS) is 10.9. The molecule has 20 heavy (non-hydrogen) atoms. The number of hydrogen-bond acceptors (Lipinski definition) is 4. The highest BCUT2D eigenvalue weighted by atomic mass is 32.1. The Morgan fingerprint density at radius 1 is 1.40 bits per heavy atom. The minimum Gasteiger partial charge on any atom is -0.508 e. The maximum Gasteiger partial charge on any atom is 0.289 e. The second-order valence-electron chi connectivity index (χ2n) is 4.23. The summed E-state index contributed by atoms with van der Waals surface area (Å²) in [5, 5.41) is 16.1. The number of allylic oxidation sites excluding steroid dienone is 1. The molecule has 1 heterocycles.